The lowest BCUT2D eigenvalue weighted by Gasteiger charge is -2.08. The fourth-order valence-corrected chi connectivity index (χ4v) is 3.46. The van der Waals surface area contributed by atoms with E-state index in [-0.39, 0.29) is 23.6 Å². The summed E-state index contributed by atoms with van der Waals surface area (Å²) in [4.78, 5) is 12.2. The minimum Gasteiger partial charge on any atom is -0.468 e. The summed E-state index contributed by atoms with van der Waals surface area (Å²) >= 11 is 6.02. The van der Waals surface area contributed by atoms with Gasteiger partial charge in [-0.25, -0.2) is 17.9 Å². The van der Waals surface area contributed by atoms with E-state index in [1.54, 1.807) is 36.4 Å². The second kappa shape index (κ2) is 8.39. The fourth-order valence-electron chi connectivity index (χ4n) is 2.27. The van der Waals surface area contributed by atoms with Gasteiger partial charge in [-0.15, -0.1) is 0 Å². The Bertz CT molecular complexity index is 1010. The molecule has 0 unspecified atom stereocenters. The number of nitrogens with one attached hydrogen (secondary N) is 1. The highest BCUT2D eigenvalue weighted by molar-refractivity contribution is 7.89. The van der Waals surface area contributed by atoms with E-state index in [0.717, 1.165) is 0 Å². The molecule has 0 saturated heterocycles. The number of sulfonamides is 1. The van der Waals surface area contributed by atoms with Gasteiger partial charge in [0.1, 0.15) is 12.4 Å². The van der Waals surface area contributed by atoms with Crippen molar-refractivity contribution in [3.05, 3.63) is 88.8 Å². The second-order valence-electron chi connectivity index (χ2n) is 5.60. The van der Waals surface area contributed by atoms with Crippen molar-refractivity contribution < 1.29 is 22.4 Å². The van der Waals surface area contributed by atoms with Gasteiger partial charge in [-0.2, -0.15) is 0 Å². The number of halogens is 1. The van der Waals surface area contributed by atoms with Crippen molar-refractivity contribution in [2.24, 2.45) is 0 Å². The largest absolute Gasteiger partial charge is 0.468 e. The van der Waals surface area contributed by atoms with Crippen LogP contribution in [0.1, 0.15) is 21.7 Å². The van der Waals surface area contributed by atoms with E-state index in [1.165, 1.54) is 30.5 Å². The fraction of sp³-hybridized carbons (Fsp3) is 0.105. The first-order chi connectivity index (χ1) is 13.0. The Morgan fingerprint density at radius 2 is 1.78 bits per heavy atom. The van der Waals surface area contributed by atoms with Crippen molar-refractivity contribution >= 4 is 27.6 Å². The maximum absolute atomic E-state index is 12.3. The third-order valence-electron chi connectivity index (χ3n) is 3.73. The Hall–Kier alpha value is -2.61. The average molecular weight is 406 g/mol. The number of hydrogen-bond acceptors (Lipinski definition) is 5. The zero-order chi connectivity index (χ0) is 19.3. The number of carbonyl (C=O) groups is 1. The quantitative estimate of drug-likeness (QED) is 0.605. The number of rotatable bonds is 7. The first-order valence-electron chi connectivity index (χ1n) is 7.98. The van der Waals surface area contributed by atoms with Crippen LogP contribution in [0.5, 0.6) is 0 Å². The zero-order valence-electron chi connectivity index (χ0n) is 14.1. The summed E-state index contributed by atoms with van der Waals surface area (Å²) in [7, 11) is -3.72. The minimum absolute atomic E-state index is 0.0310. The predicted molar refractivity (Wildman–Crippen MR) is 99.7 cm³/mol. The Labute approximate surface area is 161 Å². The summed E-state index contributed by atoms with van der Waals surface area (Å²) in [6, 6.07) is 15.9. The summed E-state index contributed by atoms with van der Waals surface area (Å²) < 4.78 is 37.3. The molecule has 3 rings (SSSR count). The van der Waals surface area contributed by atoms with Crippen LogP contribution in [0.25, 0.3) is 0 Å². The zero-order valence-corrected chi connectivity index (χ0v) is 15.7. The molecule has 0 aliphatic heterocycles. The smallest absolute Gasteiger partial charge is 0.338 e. The topological polar surface area (TPSA) is 85.6 Å². The lowest BCUT2D eigenvalue weighted by molar-refractivity contribution is 0.0472. The van der Waals surface area contributed by atoms with Crippen LogP contribution in [-0.2, 0) is 27.9 Å². The predicted octanol–water partition coefficient (Wildman–Crippen LogP) is 3.77. The molecule has 27 heavy (non-hydrogen) atoms. The molecule has 0 amide bonds. The molecule has 0 atom stereocenters. The van der Waals surface area contributed by atoms with Gasteiger partial charge in [-0.05, 0) is 42.5 Å². The molecule has 1 aromatic heterocycles. The average Bonchev–Trinajstić information content (AvgIpc) is 3.19. The third kappa shape index (κ3) is 4.97. The summed E-state index contributed by atoms with van der Waals surface area (Å²) in [5.41, 5.74) is 0.931. The van der Waals surface area contributed by atoms with Crippen LogP contribution in [0, 0.1) is 0 Å². The molecule has 0 bridgehead atoms. The van der Waals surface area contributed by atoms with E-state index in [4.69, 9.17) is 20.8 Å². The maximum atomic E-state index is 12.3. The van der Waals surface area contributed by atoms with Crippen LogP contribution >= 0.6 is 11.6 Å². The van der Waals surface area contributed by atoms with E-state index in [0.29, 0.717) is 16.3 Å². The Balaban J connectivity index is 1.62. The molecule has 0 spiro atoms. The summed E-state index contributed by atoms with van der Waals surface area (Å²) in [5.74, 6) is -0.0687. The highest BCUT2D eigenvalue weighted by Crippen LogP contribution is 2.17. The van der Waals surface area contributed by atoms with Gasteiger partial charge in [0.15, 0.2) is 0 Å². The Morgan fingerprint density at radius 1 is 1.04 bits per heavy atom. The molecule has 0 radical (unpaired) electrons. The highest BCUT2D eigenvalue weighted by Gasteiger charge is 2.16. The van der Waals surface area contributed by atoms with Crippen LogP contribution in [0.4, 0.5) is 0 Å². The van der Waals surface area contributed by atoms with E-state index < -0.39 is 16.0 Å². The van der Waals surface area contributed by atoms with Crippen LogP contribution in [0.2, 0.25) is 5.02 Å². The van der Waals surface area contributed by atoms with E-state index >= 15 is 0 Å². The first-order valence-corrected chi connectivity index (χ1v) is 9.84. The standard InChI is InChI=1S/C19H16ClNO5S/c20-18-6-2-1-4-15(18)13-26-19(22)14-7-9-17(10-8-14)27(23,24)21-12-16-5-3-11-25-16/h1-11,21H,12-13H2. The third-order valence-corrected chi connectivity index (χ3v) is 5.52. The minimum atomic E-state index is -3.72. The van der Waals surface area contributed by atoms with Crippen molar-refractivity contribution in [1.82, 2.24) is 4.72 Å². The molecule has 140 valence electrons. The molecular formula is C19H16ClNO5S. The van der Waals surface area contributed by atoms with Gasteiger partial charge < -0.3 is 9.15 Å². The molecule has 0 aliphatic rings. The highest BCUT2D eigenvalue weighted by atomic mass is 35.5. The van der Waals surface area contributed by atoms with Crippen LogP contribution in [0.15, 0.2) is 76.2 Å². The molecule has 1 N–H and O–H groups in total. The number of hydrogen-bond donors (Lipinski definition) is 1. The number of esters is 1. The monoisotopic (exact) mass is 405 g/mol. The Kier molecular flexibility index (Phi) is 5.95. The first kappa shape index (κ1) is 19.2. The molecule has 6 nitrogen and oxygen atoms in total. The maximum Gasteiger partial charge on any atom is 0.338 e. The summed E-state index contributed by atoms with van der Waals surface area (Å²) in [5, 5.41) is 0.509. The number of benzene rings is 2. The molecule has 3 aromatic rings. The molecule has 2 aromatic carbocycles. The van der Waals surface area contributed by atoms with Crippen LogP contribution in [-0.4, -0.2) is 14.4 Å². The van der Waals surface area contributed by atoms with Crippen molar-refractivity contribution in [1.29, 1.82) is 0 Å². The normalized spacial score (nSPS) is 11.3. The van der Waals surface area contributed by atoms with E-state index in [2.05, 4.69) is 4.72 Å². The number of ether oxygens (including phenoxy) is 1. The Morgan fingerprint density at radius 3 is 2.44 bits per heavy atom. The van der Waals surface area contributed by atoms with E-state index in [9.17, 15) is 13.2 Å². The molecule has 0 aliphatic carbocycles. The molecular weight excluding hydrogens is 390 g/mol. The molecule has 0 saturated carbocycles. The van der Waals surface area contributed by atoms with Crippen LogP contribution < -0.4 is 4.72 Å². The van der Waals surface area contributed by atoms with Crippen molar-refractivity contribution in [2.45, 2.75) is 18.0 Å². The van der Waals surface area contributed by atoms with Crippen molar-refractivity contribution in [2.75, 3.05) is 0 Å². The van der Waals surface area contributed by atoms with Gasteiger partial charge in [0.05, 0.1) is 23.3 Å². The van der Waals surface area contributed by atoms with Gasteiger partial charge >= 0.3 is 5.97 Å². The van der Waals surface area contributed by atoms with Crippen molar-refractivity contribution in [3.8, 4) is 0 Å². The lowest BCUT2D eigenvalue weighted by atomic mass is 10.2. The van der Waals surface area contributed by atoms with Gasteiger partial charge in [-0.3, -0.25) is 0 Å². The number of carbonyl (C=O) groups excluding carboxylic acids is 1. The second-order valence-corrected chi connectivity index (χ2v) is 7.77. The van der Waals surface area contributed by atoms with E-state index in [1.807, 2.05) is 0 Å². The number of furan rings is 1. The van der Waals surface area contributed by atoms with Gasteiger partial charge in [-0.1, -0.05) is 29.8 Å². The molecule has 8 heteroatoms. The van der Waals surface area contributed by atoms with Gasteiger partial charge in [0, 0.05) is 10.6 Å². The molecule has 0 fully saturated rings. The van der Waals surface area contributed by atoms with Gasteiger partial charge in [0.25, 0.3) is 0 Å². The summed E-state index contributed by atoms with van der Waals surface area (Å²) in [6.45, 7) is 0.0697. The van der Waals surface area contributed by atoms with Crippen molar-refractivity contribution in [3.63, 3.8) is 0 Å². The van der Waals surface area contributed by atoms with Crippen LogP contribution in [0.3, 0.4) is 0 Å². The summed E-state index contributed by atoms with van der Waals surface area (Å²) in [6.07, 6.45) is 1.46. The lowest BCUT2D eigenvalue weighted by Crippen LogP contribution is -2.23. The van der Waals surface area contributed by atoms with Gasteiger partial charge in [0.2, 0.25) is 10.0 Å². The molecule has 1 heterocycles. The SMILES string of the molecule is O=C(OCc1ccccc1Cl)c1ccc(S(=O)(=O)NCc2ccco2)cc1.